The molecule has 0 saturated carbocycles. The molecule has 0 bridgehead atoms. The SMILES string of the molecule is CC(C)Oc1ccc(C2=NCc3ccc(N4CCC5(CCN(CC(=O)N6CC=C(c7ccc(-c8ncn(C)n8)cc7)CC6)C5)C4=O)cc32)cn1. The largest absolute Gasteiger partial charge is 0.475 e. The fraction of sp³-hybridized carbons (Fsp3) is 0.385. The number of carbonyl (C=O) groups excluding carboxylic acids is 2. The Balaban J connectivity index is 0.876. The van der Waals surface area contributed by atoms with Gasteiger partial charge in [-0.3, -0.25) is 24.2 Å². The van der Waals surface area contributed by atoms with Crippen molar-refractivity contribution in [1.29, 1.82) is 0 Å². The predicted molar refractivity (Wildman–Crippen MR) is 192 cm³/mol. The molecule has 0 aliphatic carbocycles. The van der Waals surface area contributed by atoms with Crippen LogP contribution in [0.1, 0.15) is 55.4 Å². The number of likely N-dealkylation sites (tertiary alicyclic amines) is 1. The highest BCUT2D eigenvalue weighted by Crippen LogP contribution is 2.43. The number of hydrogen-bond acceptors (Lipinski definition) is 8. The Kier molecular flexibility index (Phi) is 8.30. The van der Waals surface area contributed by atoms with E-state index in [0.29, 0.717) is 51.0 Å². The lowest BCUT2D eigenvalue weighted by molar-refractivity contribution is -0.132. The van der Waals surface area contributed by atoms with Crippen LogP contribution in [-0.2, 0) is 23.2 Å². The Morgan fingerprint density at radius 1 is 0.960 bits per heavy atom. The zero-order chi connectivity index (χ0) is 34.4. The van der Waals surface area contributed by atoms with Crippen LogP contribution in [0.3, 0.4) is 0 Å². The molecule has 2 aromatic carbocycles. The summed E-state index contributed by atoms with van der Waals surface area (Å²) >= 11 is 0. The maximum Gasteiger partial charge on any atom is 0.237 e. The summed E-state index contributed by atoms with van der Waals surface area (Å²) in [6.45, 7) is 8.25. The maximum absolute atomic E-state index is 14.0. The Morgan fingerprint density at radius 2 is 1.76 bits per heavy atom. The summed E-state index contributed by atoms with van der Waals surface area (Å²) in [6.07, 6.45) is 8.11. The molecular formula is C39H42N8O3. The van der Waals surface area contributed by atoms with E-state index in [1.54, 1.807) is 11.0 Å². The lowest BCUT2D eigenvalue weighted by Crippen LogP contribution is -2.43. The topological polar surface area (TPSA) is 109 Å². The van der Waals surface area contributed by atoms with E-state index in [-0.39, 0.29) is 17.9 Å². The van der Waals surface area contributed by atoms with Crippen LogP contribution in [0.2, 0.25) is 0 Å². The van der Waals surface area contributed by atoms with Crippen molar-refractivity contribution in [1.82, 2.24) is 29.5 Å². The van der Waals surface area contributed by atoms with Gasteiger partial charge in [0.05, 0.1) is 30.3 Å². The molecule has 4 aliphatic rings. The molecular weight excluding hydrogens is 628 g/mol. The number of rotatable bonds is 8. The molecule has 4 aromatic rings. The minimum Gasteiger partial charge on any atom is -0.475 e. The third-order valence-corrected chi connectivity index (χ3v) is 10.4. The molecule has 2 amide bonds. The van der Waals surface area contributed by atoms with Crippen molar-refractivity contribution >= 4 is 28.8 Å². The van der Waals surface area contributed by atoms with Crippen LogP contribution in [0, 0.1) is 5.41 Å². The van der Waals surface area contributed by atoms with E-state index in [2.05, 4.69) is 62.4 Å². The van der Waals surface area contributed by atoms with Crippen LogP contribution >= 0.6 is 0 Å². The number of aliphatic imine (C=N–C) groups is 1. The van der Waals surface area contributed by atoms with Gasteiger partial charge in [0.15, 0.2) is 5.82 Å². The number of fused-ring (bicyclic) bond motifs is 1. The molecule has 2 saturated heterocycles. The second-order valence-electron chi connectivity index (χ2n) is 14.1. The quantitative estimate of drug-likeness (QED) is 0.266. The molecule has 1 atom stereocenters. The van der Waals surface area contributed by atoms with E-state index in [4.69, 9.17) is 9.73 Å². The summed E-state index contributed by atoms with van der Waals surface area (Å²) in [6, 6.07) is 18.4. The van der Waals surface area contributed by atoms with Crippen molar-refractivity contribution in [3.8, 4) is 17.3 Å². The molecule has 0 radical (unpaired) electrons. The second-order valence-corrected chi connectivity index (χ2v) is 14.1. The zero-order valence-electron chi connectivity index (χ0n) is 28.9. The summed E-state index contributed by atoms with van der Waals surface area (Å²) in [7, 11) is 1.86. The number of benzene rings is 2. The van der Waals surface area contributed by atoms with Gasteiger partial charge in [0, 0.05) is 67.9 Å². The smallest absolute Gasteiger partial charge is 0.237 e. The van der Waals surface area contributed by atoms with Crippen molar-refractivity contribution < 1.29 is 14.3 Å². The average molecular weight is 671 g/mol. The standard InChI is InChI=1S/C39H42N8O3/c1-26(2)50-34-11-9-31(22-40-34)36-33-20-32(10-8-30(33)21-41-36)47-19-15-39(38(47)49)14-18-45(24-39)23-35(48)46-16-12-28(13-17-46)27-4-6-29(7-5-27)37-42-25-44(3)43-37/h4-12,20,22,25-26H,13-19,21,23-24H2,1-3H3. The molecule has 2 fully saturated rings. The van der Waals surface area contributed by atoms with E-state index >= 15 is 0 Å². The first-order chi connectivity index (χ1) is 24.2. The van der Waals surface area contributed by atoms with Crippen molar-refractivity contribution in [3.05, 3.63) is 95.5 Å². The molecule has 8 rings (SSSR count). The van der Waals surface area contributed by atoms with Gasteiger partial charge in [-0.1, -0.05) is 36.4 Å². The summed E-state index contributed by atoms with van der Waals surface area (Å²) in [5, 5.41) is 4.38. The second kappa shape index (κ2) is 12.9. The van der Waals surface area contributed by atoms with Crippen LogP contribution in [0.5, 0.6) is 5.88 Å². The molecule has 11 heteroatoms. The minimum absolute atomic E-state index is 0.0578. The van der Waals surface area contributed by atoms with Crippen LogP contribution in [-0.4, -0.2) is 92.4 Å². The number of ether oxygens (including phenoxy) is 1. The number of aromatic nitrogens is 4. The molecule has 6 heterocycles. The fourth-order valence-electron chi connectivity index (χ4n) is 7.71. The molecule has 0 N–H and O–H groups in total. The Hall–Kier alpha value is -5.16. The fourth-order valence-corrected chi connectivity index (χ4v) is 7.71. The first-order valence-corrected chi connectivity index (χ1v) is 17.5. The highest BCUT2D eigenvalue weighted by atomic mass is 16.5. The van der Waals surface area contributed by atoms with Crippen molar-refractivity contribution in [3.63, 3.8) is 0 Å². The average Bonchev–Trinajstić information content (AvgIpc) is 3.92. The number of hydrogen-bond donors (Lipinski definition) is 0. The van der Waals surface area contributed by atoms with E-state index in [0.717, 1.165) is 65.0 Å². The Morgan fingerprint density at radius 3 is 2.48 bits per heavy atom. The van der Waals surface area contributed by atoms with Crippen LogP contribution in [0.4, 0.5) is 5.69 Å². The van der Waals surface area contributed by atoms with E-state index in [1.165, 1.54) is 5.57 Å². The Labute approximate surface area is 292 Å². The van der Waals surface area contributed by atoms with E-state index < -0.39 is 5.41 Å². The molecule has 2 aromatic heterocycles. The van der Waals surface area contributed by atoms with Crippen molar-refractivity contribution in [2.45, 2.75) is 45.8 Å². The number of pyridine rings is 1. The molecule has 256 valence electrons. The maximum atomic E-state index is 14.0. The zero-order valence-corrected chi connectivity index (χ0v) is 28.9. The summed E-state index contributed by atoms with van der Waals surface area (Å²) in [5.74, 6) is 1.59. The highest BCUT2D eigenvalue weighted by molar-refractivity contribution is 6.16. The summed E-state index contributed by atoms with van der Waals surface area (Å²) < 4.78 is 7.41. The van der Waals surface area contributed by atoms with Gasteiger partial charge in [0.2, 0.25) is 17.7 Å². The predicted octanol–water partition coefficient (Wildman–Crippen LogP) is 4.76. The van der Waals surface area contributed by atoms with Gasteiger partial charge in [0.25, 0.3) is 0 Å². The van der Waals surface area contributed by atoms with Gasteiger partial charge in [-0.2, -0.15) is 5.10 Å². The van der Waals surface area contributed by atoms with E-state index in [1.807, 2.05) is 55.1 Å². The number of amides is 2. The number of nitrogens with zero attached hydrogens (tertiary/aromatic N) is 8. The van der Waals surface area contributed by atoms with Crippen molar-refractivity contribution in [2.75, 3.05) is 44.2 Å². The first kappa shape index (κ1) is 32.1. The van der Waals surface area contributed by atoms with Gasteiger partial charge in [-0.15, -0.1) is 0 Å². The lowest BCUT2D eigenvalue weighted by Gasteiger charge is -2.29. The molecule has 50 heavy (non-hydrogen) atoms. The van der Waals surface area contributed by atoms with Gasteiger partial charge < -0.3 is 14.5 Å². The van der Waals surface area contributed by atoms with Crippen LogP contribution < -0.4 is 9.64 Å². The number of anilines is 1. The summed E-state index contributed by atoms with van der Waals surface area (Å²) in [4.78, 5) is 47.1. The van der Waals surface area contributed by atoms with Crippen molar-refractivity contribution in [2.24, 2.45) is 17.5 Å². The van der Waals surface area contributed by atoms with Gasteiger partial charge in [-0.25, -0.2) is 9.97 Å². The summed E-state index contributed by atoms with van der Waals surface area (Å²) in [5.41, 5.74) is 7.89. The van der Waals surface area contributed by atoms with E-state index in [9.17, 15) is 9.59 Å². The van der Waals surface area contributed by atoms with Crippen LogP contribution in [0.15, 0.2) is 78.2 Å². The normalized spacial score (nSPS) is 20.5. The highest BCUT2D eigenvalue weighted by Gasteiger charge is 2.51. The third-order valence-electron chi connectivity index (χ3n) is 10.4. The minimum atomic E-state index is -0.446. The molecule has 1 spiro atoms. The molecule has 4 aliphatic heterocycles. The van der Waals surface area contributed by atoms with Gasteiger partial charge >= 0.3 is 0 Å². The molecule has 1 unspecified atom stereocenters. The Bertz CT molecular complexity index is 2000. The number of carbonyl (C=O) groups is 2. The van der Waals surface area contributed by atoms with Crippen LogP contribution in [0.25, 0.3) is 17.0 Å². The lowest BCUT2D eigenvalue weighted by atomic mass is 9.85. The first-order valence-electron chi connectivity index (χ1n) is 17.5. The van der Waals surface area contributed by atoms with Gasteiger partial charge in [0.1, 0.15) is 6.33 Å². The third kappa shape index (κ3) is 6.10. The number of aryl methyl sites for hydroxylation is 1. The van der Waals surface area contributed by atoms with Gasteiger partial charge in [-0.05, 0) is 74.6 Å². The molecule has 11 nitrogen and oxygen atoms in total. The monoisotopic (exact) mass is 670 g/mol.